The van der Waals surface area contributed by atoms with Gasteiger partial charge in [0.25, 0.3) is 0 Å². The highest BCUT2D eigenvalue weighted by Gasteiger charge is 2.68. The van der Waals surface area contributed by atoms with Crippen LogP contribution in [0.3, 0.4) is 0 Å². The molecular formula is C18H24N4O3S. The molecular weight excluding hydrogens is 352 g/mol. The van der Waals surface area contributed by atoms with Crippen molar-refractivity contribution >= 4 is 23.3 Å². The molecule has 4 unspecified atom stereocenters. The third-order valence-corrected chi connectivity index (χ3v) is 6.51. The average molecular weight is 376 g/mol. The Balaban J connectivity index is 1.59. The molecule has 7 nitrogen and oxygen atoms in total. The van der Waals surface area contributed by atoms with Crippen molar-refractivity contribution in [1.29, 1.82) is 0 Å². The van der Waals surface area contributed by atoms with E-state index in [1.807, 2.05) is 44.7 Å². The van der Waals surface area contributed by atoms with Crippen LogP contribution < -0.4 is 0 Å². The standard InChI is InChI=1S/C18H24N4O3S/c1-10-12(26-20-19-10)8-21(5)15(23)13-11-6-7-18(25-11)9-22(17(2,3)4)16(24)14(13)18/h6-7,11,13-14H,8-9H2,1-5H3. The van der Waals surface area contributed by atoms with Gasteiger partial charge in [-0.1, -0.05) is 16.6 Å². The van der Waals surface area contributed by atoms with Crippen molar-refractivity contribution in [3.63, 3.8) is 0 Å². The van der Waals surface area contributed by atoms with E-state index >= 15 is 0 Å². The van der Waals surface area contributed by atoms with Gasteiger partial charge in [-0.15, -0.1) is 5.10 Å². The number of nitrogens with zero attached hydrogens (tertiary/aromatic N) is 4. The minimum absolute atomic E-state index is 0.0201. The third-order valence-electron chi connectivity index (χ3n) is 5.70. The molecule has 8 heteroatoms. The number of hydrogen-bond donors (Lipinski definition) is 0. The second kappa shape index (κ2) is 5.60. The van der Waals surface area contributed by atoms with E-state index in [2.05, 4.69) is 9.59 Å². The Morgan fingerprint density at radius 2 is 2.23 bits per heavy atom. The lowest BCUT2D eigenvalue weighted by Crippen LogP contribution is -2.47. The number of carbonyl (C=O) groups is 2. The largest absolute Gasteiger partial charge is 0.360 e. The quantitative estimate of drug-likeness (QED) is 0.745. The van der Waals surface area contributed by atoms with E-state index in [1.165, 1.54) is 11.5 Å². The SMILES string of the molecule is Cc1nnsc1CN(C)C(=O)C1C2C=CC3(CN(C(C)(C)C)C(=O)C13)O2. The van der Waals surface area contributed by atoms with Gasteiger partial charge in [-0.2, -0.15) is 0 Å². The summed E-state index contributed by atoms with van der Waals surface area (Å²) in [5.74, 6) is -0.937. The number of carbonyl (C=O) groups excluding carboxylic acids is 2. The van der Waals surface area contributed by atoms with Crippen LogP contribution in [-0.2, 0) is 20.9 Å². The molecule has 1 aromatic rings. The zero-order chi connectivity index (χ0) is 18.9. The summed E-state index contributed by atoms with van der Waals surface area (Å²) < 4.78 is 10.1. The molecule has 0 radical (unpaired) electrons. The van der Waals surface area contributed by atoms with Crippen molar-refractivity contribution in [2.24, 2.45) is 11.8 Å². The van der Waals surface area contributed by atoms with E-state index < -0.39 is 17.4 Å². The van der Waals surface area contributed by atoms with Gasteiger partial charge in [0, 0.05) is 12.6 Å². The number of rotatable bonds is 3. The zero-order valence-corrected chi connectivity index (χ0v) is 16.5. The maximum absolute atomic E-state index is 13.2. The average Bonchev–Trinajstić information content (AvgIpc) is 3.28. The lowest BCUT2D eigenvalue weighted by molar-refractivity contribution is -0.144. The van der Waals surface area contributed by atoms with Gasteiger partial charge in [-0.05, 0) is 39.2 Å². The molecule has 3 aliphatic rings. The summed E-state index contributed by atoms with van der Waals surface area (Å²) in [5.41, 5.74) is -0.111. The van der Waals surface area contributed by atoms with E-state index in [0.717, 1.165) is 10.6 Å². The molecule has 1 spiro atoms. The Labute approximate surface area is 157 Å². The highest BCUT2D eigenvalue weighted by atomic mass is 32.1. The van der Waals surface area contributed by atoms with Gasteiger partial charge in [0.1, 0.15) is 5.60 Å². The Bertz CT molecular complexity index is 799. The summed E-state index contributed by atoms with van der Waals surface area (Å²) in [5, 5.41) is 4.00. The predicted molar refractivity (Wildman–Crippen MR) is 96.3 cm³/mol. The second-order valence-electron chi connectivity index (χ2n) is 8.47. The van der Waals surface area contributed by atoms with E-state index in [9.17, 15) is 9.59 Å². The van der Waals surface area contributed by atoms with Gasteiger partial charge in [-0.25, -0.2) is 0 Å². The van der Waals surface area contributed by atoms with Crippen LogP contribution in [0.15, 0.2) is 12.2 Å². The van der Waals surface area contributed by atoms with Crippen LogP contribution in [0, 0.1) is 18.8 Å². The molecule has 2 bridgehead atoms. The van der Waals surface area contributed by atoms with Gasteiger partial charge in [-0.3, -0.25) is 9.59 Å². The summed E-state index contributed by atoms with van der Waals surface area (Å²) in [4.78, 5) is 30.9. The molecule has 2 fully saturated rings. The number of aromatic nitrogens is 2. The Morgan fingerprint density at radius 3 is 2.85 bits per heavy atom. The number of hydrogen-bond acceptors (Lipinski definition) is 6. The second-order valence-corrected chi connectivity index (χ2v) is 9.31. The molecule has 0 N–H and O–H groups in total. The molecule has 2 amide bonds. The summed E-state index contributed by atoms with van der Waals surface area (Å²) in [6, 6.07) is 0. The third kappa shape index (κ3) is 2.42. The highest BCUT2D eigenvalue weighted by Crippen LogP contribution is 2.53. The lowest BCUT2D eigenvalue weighted by Gasteiger charge is -2.34. The minimum Gasteiger partial charge on any atom is -0.360 e. The first-order valence-electron chi connectivity index (χ1n) is 8.85. The highest BCUT2D eigenvalue weighted by molar-refractivity contribution is 7.05. The Morgan fingerprint density at radius 1 is 1.50 bits per heavy atom. The fourth-order valence-corrected chi connectivity index (χ4v) is 4.98. The summed E-state index contributed by atoms with van der Waals surface area (Å²) in [7, 11) is 1.77. The van der Waals surface area contributed by atoms with Crippen molar-refractivity contribution in [3.05, 3.63) is 22.7 Å². The molecule has 140 valence electrons. The molecule has 4 atom stereocenters. The summed E-state index contributed by atoms with van der Waals surface area (Å²) in [6.07, 6.45) is 3.63. The number of aryl methyl sites for hydroxylation is 1. The van der Waals surface area contributed by atoms with E-state index in [4.69, 9.17) is 4.74 Å². The zero-order valence-electron chi connectivity index (χ0n) is 15.7. The maximum Gasteiger partial charge on any atom is 0.230 e. The van der Waals surface area contributed by atoms with Gasteiger partial charge < -0.3 is 14.5 Å². The molecule has 4 rings (SSSR count). The maximum atomic E-state index is 13.2. The Kier molecular flexibility index (Phi) is 3.79. The molecule has 0 aromatic carbocycles. The molecule has 3 aliphatic heterocycles. The summed E-state index contributed by atoms with van der Waals surface area (Å²) in [6.45, 7) is 8.89. The molecule has 4 heterocycles. The van der Waals surface area contributed by atoms with Crippen LogP contribution in [0.4, 0.5) is 0 Å². The van der Waals surface area contributed by atoms with Crippen molar-refractivity contribution in [3.8, 4) is 0 Å². The Hall–Kier alpha value is -1.80. The van der Waals surface area contributed by atoms with Gasteiger partial charge in [0.2, 0.25) is 11.8 Å². The lowest BCUT2D eigenvalue weighted by atomic mass is 9.76. The van der Waals surface area contributed by atoms with Crippen molar-refractivity contribution in [1.82, 2.24) is 19.4 Å². The van der Waals surface area contributed by atoms with Crippen molar-refractivity contribution in [2.45, 2.75) is 51.5 Å². The van der Waals surface area contributed by atoms with E-state index in [0.29, 0.717) is 13.1 Å². The predicted octanol–water partition coefficient (Wildman–Crippen LogP) is 1.39. The normalized spacial score (nSPS) is 32.4. The van der Waals surface area contributed by atoms with Crippen LogP contribution in [0.5, 0.6) is 0 Å². The molecule has 2 saturated heterocycles. The molecule has 0 saturated carbocycles. The molecule has 1 aromatic heterocycles. The van der Waals surface area contributed by atoms with Gasteiger partial charge in [0.15, 0.2) is 0 Å². The summed E-state index contributed by atoms with van der Waals surface area (Å²) >= 11 is 1.30. The first-order chi connectivity index (χ1) is 12.1. The first-order valence-corrected chi connectivity index (χ1v) is 9.63. The monoisotopic (exact) mass is 376 g/mol. The fraction of sp³-hybridized carbons (Fsp3) is 0.667. The van der Waals surface area contributed by atoms with Gasteiger partial charge >= 0.3 is 0 Å². The smallest absolute Gasteiger partial charge is 0.230 e. The van der Waals surface area contributed by atoms with E-state index in [-0.39, 0.29) is 23.5 Å². The number of fused-ring (bicyclic) bond motifs is 1. The van der Waals surface area contributed by atoms with Crippen LogP contribution >= 0.6 is 11.5 Å². The van der Waals surface area contributed by atoms with Crippen LogP contribution in [0.2, 0.25) is 0 Å². The van der Waals surface area contributed by atoms with E-state index in [1.54, 1.807) is 11.9 Å². The number of ether oxygens (including phenoxy) is 1. The number of likely N-dealkylation sites (tertiary alicyclic amines) is 1. The number of amides is 2. The molecule has 0 aliphatic carbocycles. The first kappa shape index (κ1) is 17.6. The minimum atomic E-state index is -0.655. The van der Waals surface area contributed by atoms with Crippen LogP contribution in [-0.4, -0.2) is 62.0 Å². The van der Waals surface area contributed by atoms with Crippen LogP contribution in [0.1, 0.15) is 31.3 Å². The fourth-order valence-electron chi connectivity index (χ4n) is 4.29. The van der Waals surface area contributed by atoms with Crippen molar-refractivity contribution < 1.29 is 14.3 Å². The topological polar surface area (TPSA) is 75.6 Å². The van der Waals surface area contributed by atoms with Gasteiger partial charge in [0.05, 0.1) is 41.6 Å². The molecule has 26 heavy (non-hydrogen) atoms. The van der Waals surface area contributed by atoms with Crippen molar-refractivity contribution in [2.75, 3.05) is 13.6 Å². The van der Waals surface area contributed by atoms with Crippen LogP contribution in [0.25, 0.3) is 0 Å².